The normalized spacial score (nSPS) is 9.00. The number of halogens is 2. The highest BCUT2D eigenvalue weighted by atomic mass is 35.5. The number of methoxy groups -OCH3 is 1. The highest BCUT2D eigenvalue weighted by Gasteiger charge is 2.06. The molecule has 0 radical (unpaired) electrons. The molecule has 0 atom stereocenters. The van der Waals surface area contributed by atoms with Crippen molar-refractivity contribution in [3.63, 3.8) is 0 Å². The average molecular weight is 235 g/mol. The molecule has 0 fully saturated rings. The molecule has 0 aliphatic rings. The predicted molar refractivity (Wildman–Crippen MR) is 57.6 cm³/mol. The van der Waals surface area contributed by atoms with E-state index in [2.05, 4.69) is 10.1 Å². The summed E-state index contributed by atoms with van der Waals surface area (Å²) in [6, 6.07) is 4.34. The lowest BCUT2D eigenvalue weighted by atomic mass is 10.2. The number of benzene rings is 1. The molecule has 1 aromatic rings. The van der Waals surface area contributed by atoms with E-state index < -0.39 is 11.9 Å². The Hall–Kier alpha value is -1.33. The fraction of sp³-hybridized carbons (Fsp3) is 0.222. The number of nitrogens with two attached hydrogens (primary N) is 1. The zero-order valence-electron chi connectivity index (χ0n) is 8.12. The molecule has 0 saturated carbocycles. The molecule has 0 spiro atoms. The Bertz CT molecular complexity index is 347. The van der Waals surface area contributed by atoms with Crippen LogP contribution in [0.15, 0.2) is 18.2 Å². The van der Waals surface area contributed by atoms with Crippen molar-refractivity contribution in [3.05, 3.63) is 29.6 Å². The molecule has 0 saturated heterocycles. The van der Waals surface area contributed by atoms with Gasteiger partial charge >= 0.3 is 6.09 Å². The van der Waals surface area contributed by atoms with Crippen LogP contribution in [0.4, 0.5) is 14.9 Å². The SMILES string of the molecule is COC(=O)Nc1ccc(CN)cc1F.Cl. The first-order valence-corrected chi connectivity index (χ1v) is 4.01. The summed E-state index contributed by atoms with van der Waals surface area (Å²) in [5, 5.41) is 2.23. The van der Waals surface area contributed by atoms with Crippen LogP contribution in [-0.2, 0) is 11.3 Å². The minimum absolute atomic E-state index is 0. The van der Waals surface area contributed by atoms with Gasteiger partial charge in [-0.25, -0.2) is 9.18 Å². The van der Waals surface area contributed by atoms with Crippen molar-refractivity contribution in [1.29, 1.82) is 0 Å². The smallest absolute Gasteiger partial charge is 0.411 e. The van der Waals surface area contributed by atoms with E-state index in [1.807, 2.05) is 0 Å². The van der Waals surface area contributed by atoms with Crippen LogP contribution >= 0.6 is 12.4 Å². The number of hydrogen-bond acceptors (Lipinski definition) is 3. The van der Waals surface area contributed by atoms with Crippen LogP contribution in [0.1, 0.15) is 5.56 Å². The topological polar surface area (TPSA) is 64.3 Å². The fourth-order valence-corrected chi connectivity index (χ4v) is 0.948. The third kappa shape index (κ3) is 3.73. The first-order valence-electron chi connectivity index (χ1n) is 4.01. The molecule has 6 heteroatoms. The Kier molecular flexibility index (Phi) is 5.66. The van der Waals surface area contributed by atoms with Gasteiger partial charge in [0.05, 0.1) is 12.8 Å². The van der Waals surface area contributed by atoms with Gasteiger partial charge in [0, 0.05) is 6.54 Å². The maximum absolute atomic E-state index is 13.2. The van der Waals surface area contributed by atoms with Crippen molar-refractivity contribution in [3.8, 4) is 0 Å². The largest absolute Gasteiger partial charge is 0.453 e. The van der Waals surface area contributed by atoms with Gasteiger partial charge in [0.2, 0.25) is 0 Å². The van der Waals surface area contributed by atoms with Gasteiger partial charge in [-0.15, -0.1) is 12.4 Å². The third-order valence-electron chi connectivity index (χ3n) is 1.69. The zero-order chi connectivity index (χ0) is 10.6. The number of rotatable bonds is 2. The standard InChI is InChI=1S/C9H11FN2O2.ClH/c1-14-9(13)12-8-3-2-6(5-11)4-7(8)10;/h2-4H,5,11H2,1H3,(H,12,13);1H. The molecular weight excluding hydrogens is 223 g/mol. The molecule has 15 heavy (non-hydrogen) atoms. The van der Waals surface area contributed by atoms with Crippen molar-refractivity contribution < 1.29 is 13.9 Å². The lowest BCUT2D eigenvalue weighted by molar-refractivity contribution is 0.187. The van der Waals surface area contributed by atoms with Crippen molar-refractivity contribution in [2.24, 2.45) is 5.73 Å². The van der Waals surface area contributed by atoms with Crippen molar-refractivity contribution in [2.45, 2.75) is 6.54 Å². The molecule has 0 aromatic heterocycles. The van der Waals surface area contributed by atoms with Gasteiger partial charge in [-0.3, -0.25) is 5.32 Å². The summed E-state index contributed by atoms with van der Waals surface area (Å²) in [5.74, 6) is -0.529. The summed E-state index contributed by atoms with van der Waals surface area (Å²) in [6.07, 6.45) is -0.704. The molecule has 84 valence electrons. The quantitative estimate of drug-likeness (QED) is 0.821. The van der Waals surface area contributed by atoms with Gasteiger partial charge in [0.1, 0.15) is 5.82 Å². The van der Waals surface area contributed by atoms with Crippen LogP contribution in [0.3, 0.4) is 0 Å². The molecule has 0 aliphatic carbocycles. The van der Waals surface area contributed by atoms with E-state index in [1.54, 1.807) is 6.07 Å². The summed E-state index contributed by atoms with van der Waals surface area (Å²) >= 11 is 0. The Balaban J connectivity index is 0.00000196. The molecule has 4 nitrogen and oxygen atoms in total. The summed E-state index contributed by atoms with van der Waals surface area (Å²) in [4.78, 5) is 10.8. The summed E-state index contributed by atoms with van der Waals surface area (Å²) < 4.78 is 17.5. The molecule has 0 aliphatic heterocycles. The van der Waals surface area contributed by atoms with E-state index in [9.17, 15) is 9.18 Å². The minimum atomic E-state index is -0.704. The fourth-order valence-electron chi connectivity index (χ4n) is 0.948. The summed E-state index contributed by atoms with van der Waals surface area (Å²) in [5.41, 5.74) is 6.06. The van der Waals surface area contributed by atoms with E-state index in [0.717, 1.165) is 0 Å². The number of anilines is 1. The second kappa shape index (κ2) is 6.21. The highest BCUT2D eigenvalue weighted by molar-refractivity contribution is 5.85. The molecule has 1 aromatic carbocycles. The van der Waals surface area contributed by atoms with Crippen LogP contribution in [0.5, 0.6) is 0 Å². The number of carbonyl (C=O) groups is 1. The number of hydrogen-bond donors (Lipinski definition) is 2. The first-order chi connectivity index (χ1) is 6.67. The van der Waals surface area contributed by atoms with Gasteiger partial charge in [0.15, 0.2) is 0 Å². The first kappa shape index (κ1) is 13.7. The van der Waals surface area contributed by atoms with Crippen LogP contribution in [0, 0.1) is 5.82 Å². The summed E-state index contributed by atoms with van der Waals surface area (Å²) in [6.45, 7) is 0.259. The van der Waals surface area contributed by atoms with Crippen molar-refractivity contribution >= 4 is 24.2 Å². The molecule has 3 N–H and O–H groups in total. The third-order valence-corrected chi connectivity index (χ3v) is 1.69. The molecule has 1 amide bonds. The monoisotopic (exact) mass is 234 g/mol. The van der Waals surface area contributed by atoms with E-state index in [0.29, 0.717) is 5.56 Å². The maximum atomic E-state index is 13.2. The van der Waals surface area contributed by atoms with Crippen molar-refractivity contribution in [1.82, 2.24) is 0 Å². The van der Waals surface area contributed by atoms with Gasteiger partial charge in [0.25, 0.3) is 0 Å². The Labute approximate surface area is 93.0 Å². The molecule has 1 rings (SSSR count). The molecule has 0 unspecified atom stereocenters. The average Bonchev–Trinajstić information content (AvgIpc) is 2.20. The van der Waals surface area contributed by atoms with Gasteiger partial charge < -0.3 is 10.5 Å². The second-order valence-corrected chi connectivity index (χ2v) is 2.63. The molecule has 0 heterocycles. The van der Waals surface area contributed by atoms with E-state index in [4.69, 9.17) is 5.73 Å². The van der Waals surface area contributed by atoms with Gasteiger partial charge in [-0.05, 0) is 17.7 Å². The van der Waals surface area contributed by atoms with Crippen LogP contribution in [0.25, 0.3) is 0 Å². The van der Waals surface area contributed by atoms with Crippen LogP contribution in [-0.4, -0.2) is 13.2 Å². The molecular formula is C9H12ClFN2O2. The maximum Gasteiger partial charge on any atom is 0.411 e. The minimum Gasteiger partial charge on any atom is -0.453 e. The number of amides is 1. The lowest BCUT2D eigenvalue weighted by Gasteiger charge is -2.05. The number of ether oxygens (including phenoxy) is 1. The Morgan fingerprint density at radius 3 is 2.73 bits per heavy atom. The predicted octanol–water partition coefficient (Wildman–Crippen LogP) is 1.88. The molecule has 0 bridgehead atoms. The van der Waals surface area contributed by atoms with Crippen molar-refractivity contribution in [2.75, 3.05) is 12.4 Å². The zero-order valence-corrected chi connectivity index (χ0v) is 8.94. The Morgan fingerprint density at radius 2 is 2.27 bits per heavy atom. The van der Waals surface area contributed by atoms with Gasteiger partial charge in [-0.2, -0.15) is 0 Å². The second-order valence-electron chi connectivity index (χ2n) is 2.63. The van der Waals surface area contributed by atoms with E-state index >= 15 is 0 Å². The highest BCUT2D eigenvalue weighted by Crippen LogP contribution is 2.15. The van der Waals surface area contributed by atoms with Crippen LogP contribution < -0.4 is 11.1 Å². The van der Waals surface area contributed by atoms with Crippen LogP contribution in [0.2, 0.25) is 0 Å². The lowest BCUT2D eigenvalue weighted by Crippen LogP contribution is -2.12. The Morgan fingerprint density at radius 1 is 1.60 bits per heavy atom. The van der Waals surface area contributed by atoms with Gasteiger partial charge in [-0.1, -0.05) is 6.07 Å². The number of carbonyl (C=O) groups excluding carboxylic acids is 1. The van der Waals surface area contributed by atoms with E-state index in [1.165, 1.54) is 19.2 Å². The number of nitrogens with one attached hydrogen (secondary N) is 1. The summed E-state index contributed by atoms with van der Waals surface area (Å²) in [7, 11) is 1.21. The van der Waals surface area contributed by atoms with E-state index in [-0.39, 0.29) is 24.6 Å².